The molecule has 0 unspecified atom stereocenters. The van der Waals surface area contributed by atoms with Crippen molar-refractivity contribution in [3.8, 4) is 17.2 Å². The number of nitrogen functional groups attached to an aromatic ring is 2. The molecule has 1 aromatic carbocycles. The van der Waals surface area contributed by atoms with Crippen molar-refractivity contribution in [2.75, 3.05) is 32.8 Å². The van der Waals surface area contributed by atoms with Crippen molar-refractivity contribution in [1.82, 2.24) is 15.0 Å². The lowest BCUT2D eigenvalue weighted by Crippen LogP contribution is -2.01. The minimum Gasteiger partial charge on any atom is -0.493 e. The van der Waals surface area contributed by atoms with Crippen LogP contribution in [0, 0.1) is 0 Å². The van der Waals surface area contributed by atoms with Gasteiger partial charge in [0.2, 0.25) is 11.7 Å². The second-order valence-electron chi connectivity index (χ2n) is 5.21. The van der Waals surface area contributed by atoms with Crippen molar-refractivity contribution in [2.24, 2.45) is 0 Å². The number of rotatable bonds is 5. The van der Waals surface area contributed by atoms with Crippen LogP contribution in [0.2, 0.25) is 0 Å². The third-order valence-electron chi connectivity index (χ3n) is 3.78. The summed E-state index contributed by atoms with van der Waals surface area (Å²) < 4.78 is 16.1. The number of H-pyrrole nitrogens is 1. The highest BCUT2D eigenvalue weighted by Crippen LogP contribution is 2.39. The van der Waals surface area contributed by atoms with E-state index in [-0.39, 0.29) is 5.95 Å². The van der Waals surface area contributed by atoms with E-state index in [0.29, 0.717) is 35.1 Å². The fraction of sp³-hybridized carbons (Fsp3) is 0.250. The first kappa shape index (κ1) is 15.7. The highest BCUT2D eigenvalue weighted by atomic mass is 16.5. The minimum absolute atomic E-state index is 0.140. The van der Waals surface area contributed by atoms with E-state index in [2.05, 4.69) is 15.0 Å². The summed E-state index contributed by atoms with van der Waals surface area (Å²) in [5, 5.41) is 0.762. The smallest absolute Gasteiger partial charge is 0.223 e. The van der Waals surface area contributed by atoms with Crippen molar-refractivity contribution >= 4 is 22.8 Å². The molecule has 126 valence electrons. The van der Waals surface area contributed by atoms with E-state index < -0.39 is 0 Å². The maximum atomic E-state index is 5.99. The molecular weight excluding hydrogens is 310 g/mol. The summed E-state index contributed by atoms with van der Waals surface area (Å²) in [7, 11) is 4.74. The molecule has 0 atom stereocenters. The van der Waals surface area contributed by atoms with Crippen molar-refractivity contribution in [2.45, 2.75) is 6.42 Å². The number of fused-ring (bicyclic) bond motifs is 1. The first-order chi connectivity index (χ1) is 11.6. The number of nitrogens with two attached hydrogens (primary N) is 2. The molecule has 0 aliphatic heterocycles. The normalized spacial score (nSPS) is 10.8. The highest BCUT2D eigenvalue weighted by molar-refractivity contribution is 5.90. The highest BCUT2D eigenvalue weighted by Gasteiger charge is 2.16. The van der Waals surface area contributed by atoms with Crippen LogP contribution in [0.25, 0.3) is 11.0 Å². The molecule has 0 saturated heterocycles. The zero-order valence-electron chi connectivity index (χ0n) is 13.7. The van der Waals surface area contributed by atoms with Gasteiger partial charge in [-0.05, 0) is 23.3 Å². The Kier molecular flexibility index (Phi) is 4.03. The van der Waals surface area contributed by atoms with Crippen molar-refractivity contribution in [3.63, 3.8) is 0 Å². The first-order valence-electron chi connectivity index (χ1n) is 7.25. The van der Waals surface area contributed by atoms with Gasteiger partial charge < -0.3 is 30.7 Å². The molecular formula is C16H19N5O3. The van der Waals surface area contributed by atoms with Crippen LogP contribution in [0.1, 0.15) is 11.1 Å². The molecule has 0 fully saturated rings. The quantitative estimate of drug-likeness (QED) is 0.651. The molecule has 8 nitrogen and oxygen atoms in total. The first-order valence-corrected chi connectivity index (χ1v) is 7.25. The summed E-state index contributed by atoms with van der Waals surface area (Å²) in [6, 6.07) is 3.79. The number of hydrogen-bond donors (Lipinski definition) is 3. The molecule has 0 saturated carbocycles. The molecule has 8 heteroatoms. The summed E-state index contributed by atoms with van der Waals surface area (Å²) in [6.45, 7) is 0. The molecule has 3 rings (SSSR count). The van der Waals surface area contributed by atoms with E-state index in [1.165, 1.54) is 0 Å². The lowest BCUT2D eigenvalue weighted by Gasteiger charge is -2.14. The van der Waals surface area contributed by atoms with E-state index in [1.807, 2.05) is 18.3 Å². The number of aromatic nitrogens is 3. The van der Waals surface area contributed by atoms with Crippen LogP contribution < -0.4 is 25.7 Å². The Labute approximate surface area is 138 Å². The van der Waals surface area contributed by atoms with Crippen LogP contribution in [0.3, 0.4) is 0 Å². The van der Waals surface area contributed by atoms with Gasteiger partial charge in [-0.1, -0.05) is 0 Å². The van der Waals surface area contributed by atoms with E-state index in [1.54, 1.807) is 21.3 Å². The monoisotopic (exact) mass is 329 g/mol. The minimum atomic E-state index is 0.140. The molecule has 0 bridgehead atoms. The second kappa shape index (κ2) is 6.15. The number of nitrogens with one attached hydrogen (secondary N) is 1. The molecule has 2 aromatic heterocycles. The standard InChI is InChI=1S/C16H19N5O3/c1-22-10-5-8(6-11(23-2)13(10)24-3)4-9-7-19-15-12(9)14(17)20-16(18)21-15/h5-7H,4H2,1-3H3,(H5,17,18,19,20,21). The van der Waals surface area contributed by atoms with Crippen molar-refractivity contribution in [1.29, 1.82) is 0 Å². The third kappa shape index (κ3) is 2.62. The maximum absolute atomic E-state index is 5.99. The Bertz CT molecular complexity index is 866. The van der Waals surface area contributed by atoms with Crippen LogP contribution in [-0.4, -0.2) is 36.3 Å². The van der Waals surface area contributed by atoms with Crippen LogP contribution in [0.4, 0.5) is 11.8 Å². The van der Waals surface area contributed by atoms with Crippen LogP contribution in [0.5, 0.6) is 17.2 Å². The van der Waals surface area contributed by atoms with Crippen molar-refractivity contribution < 1.29 is 14.2 Å². The van der Waals surface area contributed by atoms with Gasteiger partial charge in [0.1, 0.15) is 11.5 Å². The molecule has 0 radical (unpaired) electrons. The summed E-state index contributed by atoms with van der Waals surface area (Å²) >= 11 is 0. The van der Waals surface area contributed by atoms with Gasteiger partial charge in [0.15, 0.2) is 11.5 Å². The molecule has 24 heavy (non-hydrogen) atoms. The molecule has 0 aliphatic carbocycles. The fourth-order valence-corrected chi connectivity index (χ4v) is 2.74. The summed E-state index contributed by atoms with van der Waals surface area (Å²) in [5.74, 6) is 2.24. The number of benzene rings is 1. The number of ether oxygens (including phenoxy) is 3. The van der Waals surface area contributed by atoms with Crippen LogP contribution in [-0.2, 0) is 6.42 Å². The molecule has 5 N–H and O–H groups in total. The van der Waals surface area contributed by atoms with Gasteiger partial charge in [0.05, 0.1) is 26.7 Å². The lowest BCUT2D eigenvalue weighted by atomic mass is 10.0. The van der Waals surface area contributed by atoms with E-state index in [4.69, 9.17) is 25.7 Å². The molecule has 0 amide bonds. The molecule has 0 aliphatic rings. The predicted molar refractivity (Wildman–Crippen MR) is 91.6 cm³/mol. The SMILES string of the molecule is COc1cc(Cc2c[nH]c3nc(N)nc(N)c23)cc(OC)c1OC. The van der Waals surface area contributed by atoms with Crippen molar-refractivity contribution in [3.05, 3.63) is 29.5 Å². The zero-order chi connectivity index (χ0) is 17.3. The van der Waals surface area contributed by atoms with Gasteiger partial charge in [-0.2, -0.15) is 9.97 Å². The van der Waals surface area contributed by atoms with Gasteiger partial charge in [-0.3, -0.25) is 0 Å². The topological polar surface area (TPSA) is 121 Å². The second-order valence-corrected chi connectivity index (χ2v) is 5.21. The number of hydrogen-bond acceptors (Lipinski definition) is 7. The Balaban J connectivity index is 2.06. The molecule has 0 spiro atoms. The van der Waals surface area contributed by atoms with E-state index >= 15 is 0 Å². The third-order valence-corrected chi connectivity index (χ3v) is 3.78. The fourth-order valence-electron chi connectivity index (χ4n) is 2.74. The number of nitrogens with zero attached hydrogens (tertiary/aromatic N) is 2. The van der Waals surface area contributed by atoms with Crippen LogP contribution >= 0.6 is 0 Å². The van der Waals surface area contributed by atoms with Crippen LogP contribution in [0.15, 0.2) is 18.3 Å². The Morgan fingerprint density at radius 1 is 1.00 bits per heavy atom. The number of methoxy groups -OCH3 is 3. The summed E-state index contributed by atoms with van der Waals surface area (Å²) in [5.41, 5.74) is 14.2. The van der Waals surface area contributed by atoms with Gasteiger partial charge in [-0.25, -0.2) is 0 Å². The Hall–Kier alpha value is -3.16. The van der Waals surface area contributed by atoms with E-state index in [9.17, 15) is 0 Å². The van der Waals surface area contributed by atoms with Gasteiger partial charge in [0.25, 0.3) is 0 Å². The molecule has 2 heterocycles. The average Bonchev–Trinajstić information content (AvgIpc) is 2.96. The van der Waals surface area contributed by atoms with Gasteiger partial charge in [-0.15, -0.1) is 0 Å². The largest absolute Gasteiger partial charge is 0.493 e. The van der Waals surface area contributed by atoms with Gasteiger partial charge in [0, 0.05) is 12.6 Å². The summed E-state index contributed by atoms with van der Waals surface area (Å²) in [4.78, 5) is 11.3. The summed E-state index contributed by atoms with van der Waals surface area (Å²) in [6.07, 6.45) is 2.44. The maximum Gasteiger partial charge on any atom is 0.223 e. The van der Waals surface area contributed by atoms with E-state index in [0.717, 1.165) is 16.5 Å². The number of anilines is 2. The zero-order valence-corrected chi connectivity index (χ0v) is 13.7. The Morgan fingerprint density at radius 3 is 2.25 bits per heavy atom. The number of aromatic amines is 1. The Morgan fingerprint density at radius 2 is 1.67 bits per heavy atom. The lowest BCUT2D eigenvalue weighted by molar-refractivity contribution is 0.324. The predicted octanol–water partition coefficient (Wildman–Crippen LogP) is 1.74. The molecule has 3 aromatic rings. The van der Waals surface area contributed by atoms with Gasteiger partial charge >= 0.3 is 0 Å². The average molecular weight is 329 g/mol.